The van der Waals surface area contributed by atoms with E-state index in [0.717, 1.165) is 16.7 Å². The number of aryl methyl sites for hydroxylation is 1. The average Bonchev–Trinajstić information content (AvgIpc) is 2.38. The van der Waals surface area contributed by atoms with E-state index in [2.05, 4.69) is 78.1 Å². The lowest BCUT2D eigenvalue weighted by Gasteiger charge is -2.08. The number of pyridine rings is 1. The average molecular weight is 304 g/mol. The first-order valence-electron chi connectivity index (χ1n) is 6.24. The number of hydrogen-bond acceptors (Lipinski definition) is 1. The van der Waals surface area contributed by atoms with Crippen LogP contribution in [0.1, 0.15) is 36.6 Å². The Kier molecular flexibility index (Phi) is 4.18. The minimum Gasteiger partial charge on any atom is -0.253 e. The second-order valence-electron chi connectivity index (χ2n) is 4.85. The third kappa shape index (κ3) is 2.81. The van der Waals surface area contributed by atoms with Gasteiger partial charge in [0.2, 0.25) is 0 Å². The predicted molar refractivity (Wildman–Crippen MR) is 81.1 cm³/mol. The summed E-state index contributed by atoms with van der Waals surface area (Å²) in [5.74, 6) is 0.574. The van der Waals surface area contributed by atoms with Crippen molar-refractivity contribution in [2.75, 3.05) is 0 Å². The van der Waals surface area contributed by atoms with Crippen molar-refractivity contribution in [3.63, 3.8) is 0 Å². The number of alkyl halides is 1. The molecule has 0 aliphatic heterocycles. The number of aromatic nitrogens is 1. The number of halogens is 1. The van der Waals surface area contributed by atoms with Gasteiger partial charge in [-0.25, -0.2) is 0 Å². The first-order valence-corrected chi connectivity index (χ1v) is 7.36. The fraction of sp³-hybridized carbons (Fsp3) is 0.312. The molecule has 2 rings (SSSR count). The zero-order valence-corrected chi connectivity index (χ0v) is 12.7. The highest BCUT2D eigenvalue weighted by molar-refractivity contribution is 9.08. The summed E-state index contributed by atoms with van der Waals surface area (Å²) in [5.41, 5.74) is 5.94. The van der Waals surface area contributed by atoms with Crippen molar-refractivity contribution in [2.45, 2.75) is 32.0 Å². The number of hydrogen-bond donors (Lipinski definition) is 0. The molecule has 0 radical (unpaired) electrons. The molecule has 0 atom stereocenters. The van der Waals surface area contributed by atoms with E-state index in [9.17, 15) is 0 Å². The Balaban J connectivity index is 2.34. The quantitative estimate of drug-likeness (QED) is 0.721. The fourth-order valence-electron chi connectivity index (χ4n) is 1.93. The summed E-state index contributed by atoms with van der Waals surface area (Å²) in [6.45, 7) is 6.48. The van der Waals surface area contributed by atoms with Crippen LogP contribution < -0.4 is 0 Å². The van der Waals surface area contributed by atoms with Crippen LogP contribution in [0.5, 0.6) is 0 Å². The molecule has 2 aromatic rings. The van der Waals surface area contributed by atoms with Gasteiger partial charge in [-0.05, 0) is 30.0 Å². The first-order chi connectivity index (χ1) is 8.61. The molecular weight excluding hydrogens is 286 g/mol. The van der Waals surface area contributed by atoms with E-state index in [4.69, 9.17) is 0 Å². The Morgan fingerprint density at radius 2 is 1.72 bits per heavy atom. The normalized spacial score (nSPS) is 10.9. The van der Waals surface area contributed by atoms with E-state index < -0.39 is 0 Å². The Labute approximate surface area is 117 Å². The molecule has 1 heterocycles. The smallest absolute Gasteiger partial charge is 0.0705 e. The van der Waals surface area contributed by atoms with E-state index in [0.29, 0.717) is 5.92 Å². The fourth-order valence-corrected chi connectivity index (χ4v) is 2.52. The lowest BCUT2D eigenvalue weighted by Crippen LogP contribution is -1.93. The summed E-state index contributed by atoms with van der Waals surface area (Å²) < 4.78 is 0. The largest absolute Gasteiger partial charge is 0.253 e. The molecule has 0 fully saturated rings. The monoisotopic (exact) mass is 303 g/mol. The van der Waals surface area contributed by atoms with Crippen LogP contribution in [-0.4, -0.2) is 4.98 Å². The van der Waals surface area contributed by atoms with Gasteiger partial charge in [0.15, 0.2) is 0 Å². The van der Waals surface area contributed by atoms with Gasteiger partial charge in [-0.3, -0.25) is 4.98 Å². The Morgan fingerprint density at radius 1 is 1.06 bits per heavy atom. The van der Waals surface area contributed by atoms with Gasteiger partial charge in [-0.1, -0.05) is 60.1 Å². The Bertz CT molecular complexity index is 529. The molecule has 0 saturated carbocycles. The second kappa shape index (κ2) is 5.66. The maximum Gasteiger partial charge on any atom is 0.0705 e. The topological polar surface area (TPSA) is 12.9 Å². The molecule has 0 aliphatic rings. The zero-order chi connectivity index (χ0) is 13.1. The summed E-state index contributed by atoms with van der Waals surface area (Å²) in [4.78, 5) is 4.66. The lowest BCUT2D eigenvalue weighted by atomic mass is 10.0. The summed E-state index contributed by atoms with van der Waals surface area (Å²) >= 11 is 3.47. The van der Waals surface area contributed by atoms with Gasteiger partial charge >= 0.3 is 0 Å². The van der Waals surface area contributed by atoms with Crippen molar-refractivity contribution < 1.29 is 0 Å². The molecule has 2 heteroatoms. The summed E-state index contributed by atoms with van der Waals surface area (Å²) in [7, 11) is 0. The second-order valence-corrected chi connectivity index (χ2v) is 5.41. The molecule has 0 bridgehead atoms. The molecule has 0 spiro atoms. The SMILES string of the molecule is Cc1nc(-c2ccc(C(C)C)cc2)ccc1CBr. The number of nitrogens with zero attached hydrogens (tertiary/aromatic N) is 1. The van der Waals surface area contributed by atoms with Crippen molar-refractivity contribution in [2.24, 2.45) is 0 Å². The molecular formula is C16H18BrN. The molecule has 94 valence electrons. The van der Waals surface area contributed by atoms with Crippen LogP contribution in [0.2, 0.25) is 0 Å². The van der Waals surface area contributed by atoms with Crippen molar-refractivity contribution in [1.29, 1.82) is 0 Å². The van der Waals surface area contributed by atoms with Gasteiger partial charge in [0.05, 0.1) is 5.69 Å². The van der Waals surface area contributed by atoms with E-state index in [1.165, 1.54) is 16.7 Å². The van der Waals surface area contributed by atoms with Gasteiger partial charge in [0.25, 0.3) is 0 Å². The minimum atomic E-state index is 0.574. The molecule has 1 aromatic carbocycles. The molecule has 1 aromatic heterocycles. The summed E-state index contributed by atoms with van der Waals surface area (Å²) in [5, 5.41) is 0.860. The van der Waals surface area contributed by atoms with Crippen LogP contribution in [-0.2, 0) is 5.33 Å². The van der Waals surface area contributed by atoms with Crippen LogP contribution in [0, 0.1) is 6.92 Å². The third-order valence-corrected chi connectivity index (χ3v) is 3.82. The van der Waals surface area contributed by atoms with Crippen LogP contribution >= 0.6 is 15.9 Å². The minimum absolute atomic E-state index is 0.574. The summed E-state index contributed by atoms with van der Waals surface area (Å²) in [6, 6.07) is 12.9. The van der Waals surface area contributed by atoms with Crippen LogP contribution in [0.3, 0.4) is 0 Å². The van der Waals surface area contributed by atoms with Gasteiger partial charge < -0.3 is 0 Å². The van der Waals surface area contributed by atoms with E-state index in [-0.39, 0.29) is 0 Å². The standard InChI is InChI=1S/C16H18BrN/c1-11(2)13-4-6-14(7-5-13)16-9-8-15(10-17)12(3)18-16/h4-9,11H,10H2,1-3H3. The predicted octanol–water partition coefficient (Wildman–Crippen LogP) is 5.08. The Morgan fingerprint density at radius 3 is 2.22 bits per heavy atom. The van der Waals surface area contributed by atoms with Crippen LogP contribution in [0.15, 0.2) is 36.4 Å². The van der Waals surface area contributed by atoms with E-state index in [1.54, 1.807) is 0 Å². The van der Waals surface area contributed by atoms with Gasteiger partial charge in [-0.2, -0.15) is 0 Å². The molecule has 0 aliphatic carbocycles. The van der Waals surface area contributed by atoms with Crippen molar-refractivity contribution in [3.05, 3.63) is 53.2 Å². The van der Waals surface area contributed by atoms with Gasteiger partial charge in [0.1, 0.15) is 0 Å². The van der Waals surface area contributed by atoms with Crippen LogP contribution in [0.25, 0.3) is 11.3 Å². The number of benzene rings is 1. The van der Waals surface area contributed by atoms with Crippen LogP contribution in [0.4, 0.5) is 0 Å². The maximum absolute atomic E-state index is 4.66. The molecule has 0 amide bonds. The highest BCUT2D eigenvalue weighted by atomic mass is 79.9. The summed E-state index contributed by atoms with van der Waals surface area (Å²) in [6.07, 6.45) is 0. The highest BCUT2D eigenvalue weighted by Gasteiger charge is 2.04. The maximum atomic E-state index is 4.66. The number of rotatable bonds is 3. The molecule has 0 unspecified atom stereocenters. The third-order valence-electron chi connectivity index (χ3n) is 3.21. The lowest BCUT2D eigenvalue weighted by molar-refractivity contribution is 0.867. The molecule has 18 heavy (non-hydrogen) atoms. The first kappa shape index (κ1) is 13.3. The van der Waals surface area contributed by atoms with Crippen molar-refractivity contribution >= 4 is 15.9 Å². The van der Waals surface area contributed by atoms with Crippen molar-refractivity contribution in [1.82, 2.24) is 4.98 Å². The molecule has 0 N–H and O–H groups in total. The van der Waals surface area contributed by atoms with E-state index >= 15 is 0 Å². The van der Waals surface area contributed by atoms with Gasteiger partial charge in [0, 0.05) is 16.6 Å². The van der Waals surface area contributed by atoms with E-state index in [1.807, 2.05) is 0 Å². The highest BCUT2D eigenvalue weighted by Crippen LogP contribution is 2.22. The zero-order valence-electron chi connectivity index (χ0n) is 11.1. The van der Waals surface area contributed by atoms with Gasteiger partial charge in [-0.15, -0.1) is 0 Å². The molecule has 0 saturated heterocycles. The van der Waals surface area contributed by atoms with Crippen molar-refractivity contribution in [3.8, 4) is 11.3 Å². The molecule has 1 nitrogen and oxygen atoms in total. The Hall–Kier alpha value is -1.15.